The highest BCUT2D eigenvalue weighted by atomic mass is 32.2. The standard InChI is InChI=1S/C19H17NO3S/c21-19-9-5-4-8-18(19)16-12-10-15(11-13-16)14-20-24(22,23)17-6-2-1-3-7-17/h1-13,20-21H,14H2. The van der Waals surface area contributed by atoms with E-state index in [1.165, 1.54) is 0 Å². The summed E-state index contributed by atoms with van der Waals surface area (Å²) in [4.78, 5) is 0.246. The fraction of sp³-hybridized carbons (Fsp3) is 0.0526. The lowest BCUT2D eigenvalue weighted by Crippen LogP contribution is -2.23. The monoisotopic (exact) mass is 339 g/mol. The van der Waals surface area contributed by atoms with Crippen molar-refractivity contribution in [2.24, 2.45) is 0 Å². The van der Waals surface area contributed by atoms with Crippen LogP contribution in [0.1, 0.15) is 5.56 Å². The van der Waals surface area contributed by atoms with Crippen molar-refractivity contribution >= 4 is 10.0 Å². The van der Waals surface area contributed by atoms with Crippen LogP contribution in [0.4, 0.5) is 0 Å². The summed E-state index contributed by atoms with van der Waals surface area (Å²) < 4.78 is 27.0. The van der Waals surface area contributed by atoms with Crippen molar-refractivity contribution in [2.75, 3.05) is 0 Å². The van der Waals surface area contributed by atoms with Crippen LogP contribution in [0.3, 0.4) is 0 Å². The highest BCUT2D eigenvalue weighted by molar-refractivity contribution is 7.89. The second kappa shape index (κ2) is 6.86. The molecule has 0 aliphatic heterocycles. The van der Waals surface area contributed by atoms with Gasteiger partial charge in [0.2, 0.25) is 10.0 Å². The lowest BCUT2D eigenvalue weighted by molar-refractivity contribution is 0.477. The predicted molar refractivity (Wildman–Crippen MR) is 94.0 cm³/mol. The number of aromatic hydroxyl groups is 1. The van der Waals surface area contributed by atoms with E-state index in [-0.39, 0.29) is 17.2 Å². The van der Waals surface area contributed by atoms with Crippen LogP contribution < -0.4 is 4.72 Å². The van der Waals surface area contributed by atoms with Crippen molar-refractivity contribution in [1.82, 2.24) is 4.72 Å². The minimum absolute atomic E-state index is 0.207. The first-order valence-electron chi connectivity index (χ1n) is 7.48. The van der Waals surface area contributed by atoms with Crippen molar-refractivity contribution in [3.8, 4) is 16.9 Å². The first-order chi connectivity index (χ1) is 11.6. The largest absolute Gasteiger partial charge is 0.507 e. The van der Waals surface area contributed by atoms with E-state index in [2.05, 4.69) is 4.72 Å². The van der Waals surface area contributed by atoms with Gasteiger partial charge in [0.1, 0.15) is 5.75 Å². The first kappa shape index (κ1) is 16.2. The molecule has 0 saturated heterocycles. The quantitative estimate of drug-likeness (QED) is 0.747. The van der Waals surface area contributed by atoms with Crippen LogP contribution in [0.2, 0.25) is 0 Å². The van der Waals surface area contributed by atoms with Crippen molar-refractivity contribution < 1.29 is 13.5 Å². The van der Waals surface area contributed by atoms with Crippen LogP contribution >= 0.6 is 0 Å². The zero-order chi connectivity index (χ0) is 17.0. The fourth-order valence-electron chi connectivity index (χ4n) is 2.38. The summed E-state index contributed by atoms with van der Waals surface area (Å²) in [5, 5.41) is 9.88. The molecule has 0 spiro atoms. The summed E-state index contributed by atoms with van der Waals surface area (Å²) in [6, 6.07) is 22.8. The fourth-order valence-corrected chi connectivity index (χ4v) is 3.42. The van der Waals surface area contributed by atoms with Gasteiger partial charge in [-0.2, -0.15) is 0 Å². The van der Waals surface area contributed by atoms with Gasteiger partial charge in [0, 0.05) is 12.1 Å². The van der Waals surface area contributed by atoms with Gasteiger partial charge in [-0.3, -0.25) is 0 Å². The number of rotatable bonds is 5. The van der Waals surface area contributed by atoms with Crippen molar-refractivity contribution in [3.05, 3.63) is 84.4 Å². The molecule has 3 aromatic rings. The van der Waals surface area contributed by atoms with Crippen molar-refractivity contribution in [2.45, 2.75) is 11.4 Å². The third-order valence-electron chi connectivity index (χ3n) is 3.69. The second-order valence-electron chi connectivity index (χ2n) is 5.35. The number of hydrogen-bond donors (Lipinski definition) is 2. The molecule has 0 radical (unpaired) electrons. The molecule has 0 heterocycles. The van der Waals surface area contributed by atoms with Crippen LogP contribution in [-0.4, -0.2) is 13.5 Å². The van der Waals surface area contributed by atoms with Crippen LogP contribution in [0, 0.1) is 0 Å². The Labute approximate surface area is 141 Å². The van der Waals surface area contributed by atoms with E-state index in [4.69, 9.17) is 0 Å². The zero-order valence-corrected chi connectivity index (χ0v) is 13.7. The molecule has 0 unspecified atom stereocenters. The molecule has 0 aliphatic carbocycles. The number of para-hydroxylation sites is 1. The van der Waals surface area contributed by atoms with E-state index in [0.717, 1.165) is 16.7 Å². The molecular formula is C19H17NO3S. The maximum Gasteiger partial charge on any atom is 0.240 e. The molecule has 0 aliphatic rings. The molecular weight excluding hydrogens is 322 g/mol. The molecule has 0 amide bonds. The summed E-state index contributed by atoms with van der Waals surface area (Å²) in [5.74, 6) is 0.218. The SMILES string of the molecule is O=S(=O)(NCc1ccc(-c2ccccc2O)cc1)c1ccccc1. The maximum atomic E-state index is 12.2. The van der Waals surface area contributed by atoms with Crippen LogP contribution in [0.15, 0.2) is 83.8 Å². The van der Waals surface area contributed by atoms with Gasteiger partial charge in [-0.15, -0.1) is 0 Å². The summed E-state index contributed by atoms with van der Waals surface area (Å²) in [7, 11) is -3.52. The second-order valence-corrected chi connectivity index (χ2v) is 7.12. The summed E-state index contributed by atoms with van der Waals surface area (Å²) in [6.07, 6.45) is 0. The Bertz CT molecular complexity index is 920. The van der Waals surface area contributed by atoms with E-state index in [9.17, 15) is 13.5 Å². The number of phenols is 1. The Morgan fingerprint density at radius 3 is 2.08 bits per heavy atom. The van der Waals surface area contributed by atoms with E-state index in [0.29, 0.717) is 0 Å². The number of nitrogens with one attached hydrogen (secondary N) is 1. The Hall–Kier alpha value is -2.63. The highest BCUT2D eigenvalue weighted by Crippen LogP contribution is 2.28. The molecule has 122 valence electrons. The lowest BCUT2D eigenvalue weighted by Gasteiger charge is -2.08. The zero-order valence-electron chi connectivity index (χ0n) is 12.9. The van der Waals surface area contributed by atoms with E-state index < -0.39 is 10.0 Å². The van der Waals surface area contributed by atoms with E-state index in [1.807, 2.05) is 36.4 Å². The Kier molecular flexibility index (Phi) is 4.64. The Morgan fingerprint density at radius 1 is 0.792 bits per heavy atom. The smallest absolute Gasteiger partial charge is 0.240 e. The van der Waals surface area contributed by atoms with Gasteiger partial charge in [-0.25, -0.2) is 13.1 Å². The van der Waals surface area contributed by atoms with Gasteiger partial charge < -0.3 is 5.11 Å². The van der Waals surface area contributed by atoms with Crippen molar-refractivity contribution in [3.63, 3.8) is 0 Å². The number of hydrogen-bond acceptors (Lipinski definition) is 3. The number of sulfonamides is 1. The van der Waals surface area contributed by atoms with Gasteiger partial charge in [0.05, 0.1) is 4.90 Å². The minimum Gasteiger partial charge on any atom is -0.507 e. The Balaban J connectivity index is 1.72. The third kappa shape index (κ3) is 3.64. The minimum atomic E-state index is -3.52. The Morgan fingerprint density at radius 2 is 1.42 bits per heavy atom. The van der Waals surface area contributed by atoms with Crippen LogP contribution in [0.5, 0.6) is 5.75 Å². The summed E-state index contributed by atoms with van der Waals surface area (Å²) >= 11 is 0. The highest BCUT2D eigenvalue weighted by Gasteiger charge is 2.12. The van der Waals surface area contributed by atoms with Crippen molar-refractivity contribution in [1.29, 1.82) is 0 Å². The van der Waals surface area contributed by atoms with Gasteiger partial charge in [-0.05, 0) is 29.3 Å². The molecule has 3 rings (SSSR count). The molecule has 0 atom stereocenters. The number of benzene rings is 3. The molecule has 3 aromatic carbocycles. The summed E-state index contributed by atoms with van der Waals surface area (Å²) in [5.41, 5.74) is 2.46. The molecule has 0 bridgehead atoms. The molecule has 5 heteroatoms. The average molecular weight is 339 g/mol. The van der Waals surface area contributed by atoms with Crippen LogP contribution in [0.25, 0.3) is 11.1 Å². The average Bonchev–Trinajstić information content (AvgIpc) is 2.62. The third-order valence-corrected chi connectivity index (χ3v) is 5.11. The van der Waals surface area contributed by atoms with Gasteiger partial charge in [0.25, 0.3) is 0 Å². The molecule has 0 fully saturated rings. The molecule has 2 N–H and O–H groups in total. The normalized spacial score (nSPS) is 11.3. The first-order valence-corrected chi connectivity index (χ1v) is 8.96. The summed E-state index contributed by atoms with van der Waals surface area (Å²) in [6.45, 7) is 0.207. The lowest BCUT2D eigenvalue weighted by atomic mass is 10.0. The molecule has 0 saturated carbocycles. The van der Waals surface area contributed by atoms with Gasteiger partial charge >= 0.3 is 0 Å². The predicted octanol–water partition coefficient (Wildman–Crippen LogP) is 3.54. The number of phenolic OH excluding ortho intramolecular Hbond substituents is 1. The molecule has 24 heavy (non-hydrogen) atoms. The van der Waals surface area contributed by atoms with E-state index >= 15 is 0 Å². The van der Waals surface area contributed by atoms with Gasteiger partial charge in [0.15, 0.2) is 0 Å². The van der Waals surface area contributed by atoms with E-state index in [1.54, 1.807) is 42.5 Å². The van der Waals surface area contributed by atoms with Crippen LogP contribution in [-0.2, 0) is 16.6 Å². The molecule has 0 aromatic heterocycles. The topological polar surface area (TPSA) is 66.4 Å². The molecule has 4 nitrogen and oxygen atoms in total. The van der Waals surface area contributed by atoms with Gasteiger partial charge in [-0.1, -0.05) is 60.7 Å². The maximum absolute atomic E-state index is 12.2.